The van der Waals surface area contributed by atoms with E-state index in [2.05, 4.69) is 179 Å². The van der Waals surface area contributed by atoms with Crippen LogP contribution in [0.4, 0.5) is 0 Å². The summed E-state index contributed by atoms with van der Waals surface area (Å²) in [6, 6.07) is 57.3. The molecular weight excluding hydrogens is 629 g/mol. The molecule has 248 valence electrons. The van der Waals surface area contributed by atoms with Crippen LogP contribution in [0.15, 0.2) is 158 Å². The molecule has 1 aromatic heterocycles. The lowest BCUT2D eigenvalue weighted by Crippen LogP contribution is -2.14. The topological polar surface area (TPSA) is 25.8 Å². The van der Waals surface area contributed by atoms with Crippen LogP contribution < -0.4 is 0 Å². The third-order valence-corrected chi connectivity index (χ3v) is 11.7. The molecule has 0 radical (unpaired) electrons. The zero-order valence-electron chi connectivity index (χ0n) is 29.9. The van der Waals surface area contributed by atoms with Crippen molar-refractivity contribution in [2.45, 2.75) is 38.5 Å². The van der Waals surface area contributed by atoms with Crippen molar-refractivity contribution in [2.24, 2.45) is 0 Å². The molecule has 0 saturated carbocycles. The molecule has 0 saturated heterocycles. The third kappa shape index (κ3) is 4.43. The second-order valence-electron chi connectivity index (χ2n) is 15.4. The normalized spacial score (nSPS) is 14.5. The lowest BCUT2D eigenvalue weighted by molar-refractivity contribution is 0.660. The Morgan fingerprint density at radius 3 is 1.65 bits per heavy atom. The summed E-state index contributed by atoms with van der Waals surface area (Å²) >= 11 is 0. The fourth-order valence-corrected chi connectivity index (χ4v) is 9.07. The molecule has 1 heterocycles. The molecule has 10 rings (SSSR count). The van der Waals surface area contributed by atoms with Crippen molar-refractivity contribution in [3.63, 3.8) is 0 Å². The number of aromatic nitrogens is 2. The average Bonchev–Trinajstić information content (AvgIpc) is 3.57. The van der Waals surface area contributed by atoms with Gasteiger partial charge in [0.25, 0.3) is 0 Å². The molecule has 2 aliphatic carbocycles. The van der Waals surface area contributed by atoms with Gasteiger partial charge in [-0.25, -0.2) is 9.97 Å². The highest BCUT2D eigenvalue weighted by Gasteiger charge is 2.37. The van der Waals surface area contributed by atoms with Gasteiger partial charge in [0.1, 0.15) is 0 Å². The second kappa shape index (κ2) is 11.2. The summed E-state index contributed by atoms with van der Waals surface area (Å²) in [5.41, 5.74) is 18.1. The van der Waals surface area contributed by atoms with E-state index in [0.717, 1.165) is 33.9 Å². The second-order valence-corrected chi connectivity index (χ2v) is 15.4. The minimum atomic E-state index is -0.0958. The van der Waals surface area contributed by atoms with Gasteiger partial charge in [0.2, 0.25) is 0 Å². The Labute approximate surface area is 305 Å². The molecule has 0 bridgehead atoms. The highest BCUT2D eigenvalue weighted by Crippen LogP contribution is 2.53. The summed E-state index contributed by atoms with van der Waals surface area (Å²) in [6.07, 6.45) is 0. The van der Waals surface area contributed by atoms with Gasteiger partial charge in [-0.1, -0.05) is 173 Å². The summed E-state index contributed by atoms with van der Waals surface area (Å²) in [5, 5.41) is 2.39. The van der Waals surface area contributed by atoms with E-state index in [4.69, 9.17) is 9.97 Å². The average molecular weight is 667 g/mol. The van der Waals surface area contributed by atoms with Gasteiger partial charge in [-0.3, -0.25) is 0 Å². The van der Waals surface area contributed by atoms with Crippen LogP contribution in [-0.4, -0.2) is 9.97 Å². The van der Waals surface area contributed by atoms with Gasteiger partial charge < -0.3 is 0 Å². The smallest absolute Gasteiger partial charge is 0.160 e. The van der Waals surface area contributed by atoms with Crippen molar-refractivity contribution in [1.82, 2.24) is 9.97 Å². The Kier molecular flexibility index (Phi) is 6.60. The Hall–Kier alpha value is -6.12. The van der Waals surface area contributed by atoms with Crippen molar-refractivity contribution >= 4 is 10.8 Å². The molecule has 0 amide bonds. The number of benzene rings is 7. The molecule has 52 heavy (non-hydrogen) atoms. The van der Waals surface area contributed by atoms with Gasteiger partial charge in [0.15, 0.2) is 5.82 Å². The first-order valence-electron chi connectivity index (χ1n) is 18.3. The Morgan fingerprint density at radius 1 is 0.346 bits per heavy atom. The molecule has 8 aromatic rings. The van der Waals surface area contributed by atoms with Gasteiger partial charge in [-0.05, 0) is 78.5 Å². The lowest BCUT2D eigenvalue weighted by Gasteiger charge is -2.21. The summed E-state index contributed by atoms with van der Waals surface area (Å²) in [4.78, 5) is 10.6. The fraction of sp³-hybridized carbons (Fsp3) is 0.120. The summed E-state index contributed by atoms with van der Waals surface area (Å²) < 4.78 is 0. The molecule has 0 unspecified atom stereocenters. The van der Waals surface area contributed by atoms with Gasteiger partial charge in [-0.2, -0.15) is 0 Å². The molecule has 0 aliphatic heterocycles. The molecule has 7 aromatic carbocycles. The SMILES string of the molecule is CC1(C)c2ccccc2-c2cc(-c3ccc(-c4cc(-c5cccc6c5-c5ccccc5C6(C)C)nc(-c5ccccc5)n4)c4ccccc34)ccc21. The number of fused-ring (bicyclic) bond motifs is 7. The van der Waals surface area contributed by atoms with Crippen molar-refractivity contribution < 1.29 is 0 Å². The highest BCUT2D eigenvalue weighted by atomic mass is 14.9. The lowest BCUT2D eigenvalue weighted by atomic mass is 9.82. The first kappa shape index (κ1) is 30.7. The number of hydrogen-bond donors (Lipinski definition) is 0. The van der Waals surface area contributed by atoms with E-state index in [-0.39, 0.29) is 10.8 Å². The molecule has 0 spiro atoms. The Morgan fingerprint density at radius 2 is 0.885 bits per heavy atom. The number of hydrogen-bond acceptors (Lipinski definition) is 2. The van der Waals surface area contributed by atoms with Crippen LogP contribution in [0.3, 0.4) is 0 Å². The van der Waals surface area contributed by atoms with Crippen molar-refractivity contribution in [2.75, 3.05) is 0 Å². The number of nitrogens with zero attached hydrogens (tertiary/aromatic N) is 2. The fourth-order valence-electron chi connectivity index (χ4n) is 9.07. The van der Waals surface area contributed by atoms with E-state index in [9.17, 15) is 0 Å². The monoisotopic (exact) mass is 666 g/mol. The van der Waals surface area contributed by atoms with E-state index in [1.54, 1.807) is 0 Å². The van der Waals surface area contributed by atoms with E-state index < -0.39 is 0 Å². The summed E-state index contributed by atoms with van der Waals surface area (Å²) in [7, 11) is 0. The van der Waals surface area contributed by atoms with Gasteiger partial charge in [-0.15, -0.1) is 0 Å². The zero-order chi connectivity index (χ0) is 35.2. The minimum Gasteiger partial charge on any atom is -0.228 e. The maximum atomic E-state index is 5.30. The van der Waals surface area contributed by atoms with E-state index in [1.807, 2.05) is 6.07 Å². The van der Waals surface area contributed by atoms with Crippen LogP contribution in [-0.2, 0) is 10.8 Å². The first-order valence-corrected chi connectivity index (χ1v) is 18.3. The van der Waals surface area contributed by atoms with E-state index in [1.165, 1.54) is 66.4 Å². The predicted octanol–water partition coefficient (Wildman–Crippen LogP) is 12.9. The largest absolute Gasteiger partial charge is 0.228 e. The summed E-state index contributed by atoms with van der Waals surface area (Å²) in [6.45, 7) is 9.34. The first-order chi connectivity index (χ1) is 25.3. The van der Waals surface area contributed by atoms with Gasteiger partial charge in [0, 0.05) is 27.5 Å². The van der Waals surface area contributed by atoms with Crippen molar-refractivity contribution in [3.8, 4) is 67.3 Å². The minimum absolute atomic E-state index is 0.0196. The molecule has 0 N–H and O–H groups in total. The van der Waals surface area contributed by atoms with E-state index in [0.29, 0.717) is 0 Å². The molecule has 0 atom stereocenters. The van der Waals surface area contributed by atoms with Crippen LogP contribution in [0, 0.1) is 0 Å². The Bertz CT molecular complexity index is 2730. The van der Waals surface area contributed by atoms with Crippen LogP contribution in [0.5, 0.6) is 0 Å². The van der Waals surface area contributed by atoms with Gasteiger partial charge >= 0.3 is 0 Å². The molecular formula is C50H38N2. The third-order valence-electron chi connectivity index (χ3n) is 11.7. The quantitative estimate of drug-likeness (QED) is 0.187. The maximum absolute atomic E-state index is 5.30. The van der Waals surface area contributed by atoms with Crippen LogP contribution in [0.1, 0.15) is 49.9 Å². The van der Waals surface area contributed by atoms with Crippen molar-refractivity contribution in [1.29, 1.82) is 0 Å². The predicted molar refractivity (Wildman–Crippen MR) is 216 cm³/mol. The van der Waals surface area contributed by atoms with Crippen molar-refractivity contribution in [3.05, 3.63) is 180 Å². The zero-order valence-corrected chi connectivity index (χ0v) is 29.9. The molecule has 2 aliphatic rings. The maximum Gasteiger partial charge on any atom is 0.160 e. The van der Waals surface area contributed by atoms with Crippen LogP contribution in [0.2, 0.25) is 0 Å². The van der Waals surface area contributed by atoms with Gasteiger partial charge in [0.05, 0.1) is 11.4 Å². The molecule has 0 fully saturated rings. The van der Waals surface area contributed by atoms with Crippen LogP contribution in [0.25, 0.3) is 78.1 Å². The van der Waals surface area contributed by atoms with E-state index >= 15 is 0 Å². The Balaban J connectivity index is 1.17. The molecule has 2 heteroatoms. The number of rotatable bonds is 4. The standard InChI is InChI=1S/C50H38N2/c1-49(2)41-22-12-10-19-36(41)40-29-32(25-28-43(40)49)33-26-27-37(35-18-9-8-17-34(33)35)45-30-46(52-48(51-45)31-15-6-5-7-16-31)39-21-14-24-44-47(39)38-20-11-13-23-42(38)50(44,3)4/h5-30H,1-4H3. The summed E-state index contributed by atoms with van der Waals surface area (Å²) in [5.74, 6) is 0.726. The molecule has 2 nitrogen and oxygen atoms in total. The van der Waals surface area contributed by atoms with Crippen LogP contribution >= 0.6 is 0 Å². The highest BCUT2D eigenvalue weighted by molar-refractivity contribution is 6.05.